The molecule has 1 aliphatic heterocycles. The number of benzene rings is 2. The van der Waals surface area contributed by atoms with Crippen molar-refractivity contribution >= 4 is 40.6 Å². The highest BCUT2D eigenvalue weighted by Crippen LogP contribution is 2.37. The summed E-state index contributed by atoms with van der Waals surface area (Å²) in [5.41, 5.74) is 6.39. The Morgan fingerprint density at radius 3 is 2.48 bits per heavy atom. The first-order valence-corrected chi connectivity index (χ1v) is 8.72. The number of amides is 1. The monoisotopic (exact) mass is 420 g/mol. The van der Waals surface area contributed by atoms with Crippen molar-refractivity contribution < 1.29 is 33.3 Å². The Bertz CT molecular complexity index is 1010. The Morgan fingerprint density at radius 1 is 1.14 bits per heavy atom. The molecule has 0 spiro atoms. The molecule has 10 heteroatoms. The van der Waals surface area contributed by atoms with Gasteiger partial charge in [0.15, 0.2) is 23.9 Å². The average Bonchev–Trinajstić information content (AvgIpc) is 3.14. The van der Waals surface area contributed by atoms with E-state index in [4.69, 9.17) is 36.3 Å². The van der Waals surface area contributed by atoms with E-state index in [1.807, 2.05) is 0 Å². The fourth-order valence-corrected chi connectivity index (χ4v) is 2.79. The van der Waals surface area contributed by atoms with Gasteiger partial charge in [0.05, 0.1) is 23.5 Å². The van der Waals surface area contributed by atoms with Crippen LogP contribution in [0, 0.1) is 0 Å². The summed E-state index contributed by atoms with van der Waals surface area (Å²) in [5.74, 6) is -0.795. The Kier molecular flexibility index (Phi) is 5.79. The molecule has 0 atom stereocenters. The lowest BCUT2D eigenvalue weighted by Crippen LogP contribution is -2.22. The molecule has 152 valence electrons. The molecule has 1 aliphatic rings. The molecule has 0 fully saturated rings. The molecule has 3 N–H and O–H groups in total. The molecular weight excluding hydrogens is 404 g/mol. The zero-order chi connectivity index (χ0) is 21.1. The van der Waals surface area contributed by atoms with Gasteiger partial charge in [0.2, 0.25) is 6.79 Å². The molecule has 29 heavy (non-hydrogen) atoms. The number of carbonyl (C=O) groups is 3. The number of halogens is 1. The molecule has 0 saturated carbocycles. The number of carbonyl (C=O) groups excluding carboxylic acids is 3. The molecule has 1 amide bonds. The molecule has 2 aromatic carbocycles. The normalized spacial score (nSPS) is 11.7. The zero-order valence-electron chi connectivity index (χ0n) is 15.5. The van der Waals surface area contributed by atoms with Crippen molar-refractivity contribution in [2.24, 2.45) is 0 Å². The van der Waals surface area contributed by atoms with Crippen LogP contribution < -0.4 is 25.3 Å². The van der Waals surface area contributed by atoms with Crippen LogP contribution in [-0.2, 0) is 9.53 Å². The number of rotatable bonds is 6. The standard InChI is InChI=1S/C19H17ClN2O7/c1-9(23)10-4-16-17(29-8-28-16)6-14(10)22-18(24)7-27-19(25)11-3-12(20)13(21)5-15(11)26-2/h3-6H,7-8,21H2,1-2H3,(H,22,24). The van der Waals surface area contributed by atoms with Crippen molar-refractivity contribution in [3.63, 3.8) is 0 Å². The van der Waals surface area contributed by atoms with Gasteiger partial charge < -0.3 is 30.0 Å². The lowest BCUT2D eigenvalue weighted by Gasteiger charge is -2.12. The molecule has 2 aromatic rings. The smallest absolute Gasteiger partial charge is 0.342 e. The Balaban J connectivity index is 1.70. The molecule has 0 radical (unpaired) electrons. The maximum absolute atomic E-state index is 12.3. The van der Waals surface area contributed by atoms with E-state index in [2.05, 4.69) is 5.32 Å². The molecule has 0 unspecified atom stereocenters. The van der Waals surface area contributed by atoms with Crippen molar-refractivity contribution in [1.29, 1.82) is 0 Å². The summed E-state index contributed by atoms with van der Waals surface area (Å²) in [6.45, 7) is 0.772. The van der Waals surface area contributed by atoms with E-state index in [1.165, 1.54) is 38.3 Å². The van der Waals surface area contributed by atoms with Crippen LogP contribution in [-0.4, -0.2) is 38.2 Å². The van der Waals surface area contributed by atoms with Gasteiger partial charge in [-0.25, -0.2) is 4.79 Å². The number of esters is 1. The van der Waals surface area contributed by atoms with Crippen molar-refractivity contribution in [2.45, 2.75) is 6.92 Å². The first kappa shape index (κ1) is 20.3. The molecule has 0 aromatic heterocycles. The van der Waals surface area contributed by atoms with Crippen LogP contribution >= 0.6 is 11.6 Å². The van der Waals surface area contributed by atoms with Gasteiger partial charge in [0.25, 0.3) is 5.91 Å². The molecule has 0 aliphatic carbocycles. The summed E-state index contributed by atoms with van der Waals surface area (Å²) in [7, 11) is 1.36. The van der Waals surface area contributed by atoms with E-state index in [-0.39, 0.29) is 45.9 Å². The number of nitrogens with two attached hydrogens (primary N) is 1. The van der Waals surface area contributed by atoms with Crippen LogP contribution in [0.3, 0.4) is 0 Å². The van der Waals surface area contributed by atoms with Gasteiger partial charge in [0, 0.05) is 17.7 Å². The highest BCUT2D eigenvalue weighted by atomic mass is 35.5. The van der Waals surface area contributed by atoms with Gasteiger partial charge in [-0.3, -0.25) is 9.59 Å². The van der Waals surface area contributed by atoms with Crippen LogP contribution in [0.15, 0.2) is 24.3 Å². The van der Waals surface area contributed by atoms with Crippen molar-refractivity contribution in [3.8, 4) is 17.2 Å². The largest absolute Gasteiger partial charge is 0.496 e. The second kappa shape index (κ2) is 8.27. The predicted octanol–water partition coefficient (Wildman–Crippen LogP) is 2.66. The average molecular weight is 421 g/mol. The zero-order valence-corrected chi connectivity index (χ0v) is 16.3. The Labute approximate surface area is 170 Å². The SMILES string of the molecule is COc1cc(N)c(Cl)cc1C(=O)OCC(=O)Nc1cc2c(cc1C(C)=O)OCO2. The Morgan fingerprint density at radius 2 is 1.83 bits per heavy atom. The van der Waals surface area contributed by atoms with Crippen LogP contribution in [0.2, 0.25) is 5.02 Å². The molecule has 1 heterocycles. The number of ketones is 1. The van der Waals surface area contributed by atoms with Crippen molar-refractivity contribution in [3.05, 3.63) is 40.4 Å². The van der Waals surface area contributed by atoms with E-state index in [0.717, 1.165) is 0 Å². The number of nitrogens with one attached hydrogen (secondary N) is 1. The number of ether oxygens (including phenoxy) is 4. The first-order valence-electron chi connectivity index (χ1n) is 8.34. The van der Waals surface area contributed by atoms with Crippen molar-refractivity contribution in [2.75, 3.05) is 31.6 Å². The van der Waals surface area contributed by atoms with Gasteiger partial charge in [0.1, 0.15) is 11.3 Å². The number of anilines is 2. The first-order chi connectivity index (χ1) is 13.8. The third-order valence-corrected chi connectivity index (χ3v) is 4.37. The van der Waals surface area contributed by atoms with E-state index in [1.54, 1.807) is 0 Å². The van der Waals surface area contributed by atoms with Gasteiger partial charge in [-0.1, -0.05) is 11.6 Å². The van der Waals surface area contributed by atoms with E-state index in [9.17, 15) is 14.4 Å². The van der Waals surface area contributed by atoms with Gasteiger partial charge in [-0.15, -0.1) is 0 Å². The second-order valence-corrected chi connectivity index (χ2v) is 6.41. The summed E-state index contributed by atoms with van der Waals surface area (Å²) < 4.78 is 20.6. The summed E-state index contributed by atoms with van der Waals surface area (Å²) in [5, 5.41) is 2.67. The number of methoxy groups -OCH3 is 1. The van der Waals surface area contributed by atoms with E-state index >= 15 is 0 Å². The molecular formula is C19H17ClN2O7. The van der Waals surface area contributed by atoms with Gasteiger partial charge in [-0.05, 0) is 19.1 Å². The summed E-state index contributed by atoms with van der Waals surface area (Å²) in [6.07, 6.45) is 0. The van der Waals surface area contributed by atoms with Gasteiger partial charge >= 0.3 is 5.97 Å². The lowest BCUT2D eigenvalue weighted by molar-refractivity contribution is -0.119. The number of hydrogen-bond acceptors (Lipinski definition) is 8. The lowest BCUT2D eigenvalue weighted by atomic mass is 10.1. The highest BCUT2D eigenvalue weighted by molar-refractivity contribution is 6.33. The fraction of sp³-hybridized carbons (Fsp3) is 0.211. The Hall–Kier alpha value is -3.46. The quantitative estimate of drug-likeness (QED) is 0.415. The third-order valence-electron chi connectivity index (χ3n) is 4.04. The maximum atomic E-state index is 12.3. The van der Waals surface area contributed by atoms with Gasteiger partial charge in [-0.2, -0.15) is 0 Å². The minimum Gasteiger partial charge on any atom is -0.496 e. The second-order valence-electron chi connectivity index (χ2n) is 6.01. The molecule has 0 saturated heterocycles. The summed E-state index contributed by atoms with van der Waals surface area (Å²) >= 11 is 5.93. The van der Waals surface area contributed by atoms with Crippen LogP contribution in [0.1, 0.15) is 27.6 Å². The summed E-state index contributed by atoms with van der Waals surface area (Å²) in [6, 6.07) is 5.63. The summed E-state index contributed by atoms with van der Waals surface area (Å²) in [4.78, 5) is 36.4. The number of fused-ring (bicyclic) bond motifs is 1. The predicted molar refractivity (Wildman–Crippen MR) is 104 cm³/mol. The topological polar surface area (TPSA) is 126 Å². The van der Waals surface area contributed by atoms with Crippen molar-refractivity contribution in [1.82, 2.24) is 0 Å². The van der Waals surface area contributed by atoms with Crippen LogP contribution in [0.4, 0.5) is 11.4 Å². The minimum atomic E-state index is -0.823. The fourth-order valence-electron chi connectivity index (χ4n) is 2.63. The number of hydrogen-bond donors (Lipinski definition) is 2. The van der Waals surface area contributed by atoms with Crippen LogP contribution in [0.5, 0.6) is 17.2 Å². The van der Waals surface area contributed by atoms with E-state index < -0.39 is 18.5 Å². The minimum absolute atomic E-state index is 0.0204. The number of Topliss-reactive ketones (excluding diaryl/α,β-unsaturated/α-hetero) is 1. The molecule has 3 rings (SSSR count). The van der Waals surface area contributed by atoms with E-state index in [0.29, 0.717) is 11.5 Å². The highest BCUT2D eigenvalue weighted by Gasteiger charge is 2.22. The number of nitrogen functional groups attached to an aromatic ring is 1. The van der Waals surface area contributed by atoms with Crippen LogP contribution in [0.25, 0.3) is 0 Å². The maximum Gasteiger partial charge on any atom is 0.342 e. The molecule has 9 nitrogen and oxygen atoms in total. The third kappa shape index (κ3) is 4.35. The molecule has 0 bridgehead atoms.